The number of fused-ring (bicyclic) bond motifs is 2. The van der Waals surface area contributed by atoms with Gasteiger partial charge in [-0.15, -0.1) is 0 Å². The van der Waals surface area contributed by atoms with Crippen molar-refractivity contribution >= 4 is 54.6 Å². The Kier molecular flexibility index (Phi) is 9.45. The largest absolute Gasteiger partial charge is 0.354 e. The first kappa shape index (κ1) is 33.0. The lowest BCUT2D eigenvalue weighted by Gasteiger charge is -2.25. The van der Waals surface area contributed by atoms with Crippen molar-refractivity contribution < 1.29 is 35.5 Å². The minimum Gasteiger partial charge on any atom is -0.354 e. The predicted molar refractivity (Wildman–Crippen MR) is 176 cm³/mol. The van der Waals surface area contributed by atoms with Gasteiger partial charge in [-0.3, -0.25) is 18.7 Å². The van der Waals surface area contributed by atoms with Gasteiger partial charge < -0.3 is 10.6 Å². The molecular formula is C34H34N2O8S2. The molecular weight excluding hydrogens is 629 g/mol. The molecule has 4 aromatic carbocycles. The molecule has 240 valence electrons. The average Bonchev–Trinajstić information content (AvgIpc) is 3.01. The Morgan fingerprint density at radius 2 is 0.957 bits per heavy atom. The van der Waals surface area contributed by atoms with Crippen LogP contribution in [0.15, 0.2) is 82.6 Å². The number of unbranched alkanes of at least 4 members (excludes halogenated alkanes) is 2. The topological polar surface area (TPSA) is 167 Å². The molecule has 0 spiro atoms. The van der Waals surface area contributed by atoms with E-state index in [1.807, 2.05) is 13.8 Å². The molecule has 0 saturated carbocycles. The van der Waals surface area contributed by atoms with Crippen molar-refractivity contribution in [1.29, 1.82) is 0 Å². The zero-order valence-corrected chi connectivity index (χ0v) is 27.0. The molecule has 1 aliphatic carbocycles. The second-order valence-electron chi connectivity index (χ2n) is 11.2. The summed E-state index contributed by atoms with van der Waals surface area (Å²) in [7, 11) is -9.34. The number of hydrogen-bond acceptors (Lipinski definition) is 8. The average molecular weight is 663 g/mol. The quantitative estimate of drug-likeness (QED) is 0.101. The van der Waals surface area contributed by atoms with Crippen molar-refractivity contribution in [3.8, 4) is 0 Å². The molecule has 0 atom stereocenters. The van der Waals surface area contributed by atoms with Crippen LogP contribution < -0.4 is 10.6 Å². The van der Waals surface area contributed by atoms with Crippen LogP contribution in [0.1, 0.15) is 82.5 Å². The molecule has 4 aromatic rings. The lowest BCUT2D eigenvalue weighted by Crippen LogP contribution is -2.23. The van der Waals surface area contributed by atoms with Gasteiger partial charge in [0, 0.05) is 11.1 Å². The van der Waals surface area contributed by atoms with E-state index >= 15 is 0 Å². The van der Waals surface area contributed by atoms with Gasteiger partial charge in [-0.1, -0.05) is 63.1 Å². The van der Waals surface area contributed by atoms with Crippen LogP contribution in [0.3, 0.4) is 0 Å². The highest BCUT2D eigenvalue weighted by molar-refractivity contribution is 7.86. The summed E-state index contributed by atoms with van der Waals surface area (Å²) in [5.41, 5.74) is 2.03. The first-order valence-electron chi connectivity index (χ1n) is 14.9. The first-order chi connectivity index (χ1) is 21.8. The normalized spacial score (nSPS) is 12.9. The Labute approximate surface area is 268 Å². The third kappa shape index (κ3) is 6.75. The summed E-state index contributed by atoms with van der Waals surface area (Å²) in [6, 6.07) is 18.2. The molecule has 0 heterocycles. The van der Waals surface area contributed by atoms with Gasteiger partial charge in [-0.2, -0.15) is 16.8 Å². The van der Waals surface area contributed by atoms with Crippen LogP contribution in [0, 0.1) is 0 Å². The molecule has 0 amide bonds. The van der Waals surface area contributed by atoms with Crippen molar-refractivity contribution in [1.82, 2.24) is 0 Å². The Morgan fingerprint density at radius 1 is 0.565 bits per heavy atom. The van der Waals surface area contributed by atoms with Crippen LogP contribution in [0.25, 0.3) is 0 Å². The minimum atomic E-state index is -4.67. The smallest absolute Gasteiger partial charge is 0.296 e. The van der Waals surface area contributed by atoms with Crippen LogP contribution >= 0.6 is 0 Å². The Balaban J connectivity index is 1.70. The number of anilines is 4. The number of benzene rings is 4. The molecule has 0 bridgehead atoms. The number of hydrogen-bond donors (Lipinski definition) is 4. The Hall–Kier alpha value is -4.36. The minimum absolute atomic E-state index is 0.0235. The fourth-order valence-electron chi connectivity index (χ4n) is 5.59. The lowest BCUT2D eigenvalue weighted by molar-refractivity contribution is 0.0980. The summed E-state index contributed by atoms with van der Waals surface area (Å²) in [5.74, 6) is -1.03. The van der Waals surface area contributed by atoms with E-state index in [9.17, 15) is 35.5 Å². The van der Waals surface area contributed by atoms with E-state index in [-0.39, 0.29) is 45.0 Å². The SMILES string of the molecule is CCCCc1ccc(S(=O)(=O)O)c(Nc2ccc(Nc3cc(CCCC)ccc3S(=O)(=O)O)c3c2C(=O)c2ccccc2C3=O)c1. The van der Waals surface area contributed by atoms with Crippen molar-refractivity contribution in [3.05, 3.63) is 106 Å². The highest BCUT2D eigenvalue weighted by Crippen LogP contribution is 2.40. The number of rotatable bonds is 12. The molecule has 0 aromatic heterocycles. The lowest BCUT2D eigenvalue weighted by atomic mass is 9.82. The van der Waals surface area contributed by atoms with E-state index in [2.05, 4.69) is 10.6 Å². The van der Waals surface area contributed by atoms with Crippen LogP contribution in [-0.4, -0.2) is 37.5 Å². The van der Waals surface area contributed by atoms with Gasteiger partial charge in [0.1, 0.15) is 9.79 Å². The van der Waals surface area contributed by atoms with Gasteiger partial charge in [0.2, 0.25) is 0 Å². The van der Waals surface area contributed by atoms with Crippen molar-refractivity contribution in [2.45, 2.75) is 62.2 Å². The monoisotopic (exact) mass is 662 g/mol. The second kappa shape index (κ2) is 13.2. The molecule has 0 unspecified atom stereocenters. The van der Waals surface area contributed by atoms with Crippen molar-refractivity contribution in [2.75, 3.05) is 10.6 Å². The second-order valence-corrected chi connectivity index (χ2v) is 14.0. The third-order valence-corrected chi connectivity index (χ3v) is 9.72. The molecule has 0 saturated heterocycles. The van der Waals surface area contributed by atoms with Crippen LogP contribution in [-0.2, 0) is 33.1 Å². The molecule has 4 N–H and O–H groups in total. The van der Waals surface area contributed by atoms with Gasteiger partial charge in [-0.05, 0) is 73.2 Å². The van der Waals surface area contributed by atoms with E-state index in [0.29, 0.717) is 12.8 Å². The molecule has 5 rings (SSSR count). The molecule has 0 fully saturated rings. The maximum atomic E-state index is 14.0. The van der Waals surface area contributed by atoms with Crippen LogP contribution in [0.2, 0.25) is 0 Å². The van der Waals surface area contributed by atoms with E-state index < -0.39 is 41.6 Å². The summed E-state index contributed by atoms with van der Waals surface area (Å²) in [6.45, 7) is 4.04. The van der Waals surface area contributed by atoms with Crippen molar-refractivity contribution in [3.63, 3.8) is 0 Å². The Morgan fingerprint density at radius 3 is 1.30 bits per heavy atom. The standard InChI is InChI=1S/C34H34N2O8S2/c1-3-5-9-21-13-17-29(45(39,40)41)27(19-21)35-25-15-16-26(32-31(25)33(37)23-11-7-8-12-24(23)34(32)38)36-28-20-22(10-6-4-2)14-18-30(28)46(42,43)44/h7-8,11-20,35-36H,3-6,9-10H2,1-2H3,(H,39,40,41)(H,42,43,44). The fraction of sp³-hybridized carbons (Fsp3) is 0.235. The zero-order valence-electron chi connectivity index (χ0n) is 25.3. The summed E-state index contributed by atoms with van der Waals surface area (Å²) >= 11 is 0. The van der Waals surface area contributed by atoms with Gasteiger partial charge in [0.05, 0.1) is 33.9 Å². The first-order valence-corrected chi connectivity index (χ1v) is 17.8. The highest BCUT2D eigenvalue weighted by atomic mass is 32.2. The molecule has 10 nitrogen and oxygen atoms in total. The number of carbonyl (C=O) groups is 2. The fourth-order valence-corrected chi connectivity index (χ4v) is 6.85. The van der Waals surface area contributed by atoms with Gasteiger partial charge >= 0.3 is 0 Å². The third-order valence-electron chi connectivity index (χ3n) is 7.90. The van der Waals surface area contributed by atoms with Gasteiger partial charge in [-0.25, -0.2) is 0 Å². The van der Waals surface area contributed by atoms with E-state index in [4.69, 9.17) is 0 Å². The molecule has 1 aliphatic rings. The summed E-state index contributed by atoms with van der Waals surface area (Å²) in [4.78, 5) is 27.3. The van der Waals surface area contributed by atoms with Gasteiger partial charge in [0.15, 0.2) is 11.6 Å². The molecule has 12 heteroatoms. The maximum Gasteiger partial charge on any atom is 0.296 e. The molecule has 0 radical (unpaired) electrons. The molecule has 46 heavy (non-hydrogen) atoms. The van der Waals surface area contributed by atoms with Gasteiger partial charge in [0.25, 0.3) is 20.2 Å². The predicted octanol–water partition coefficient (Wildman–Crippen LogP) is 7.13. The summed E-state index contributed by atoms with van der Waals surface area (Å²) < 4.78 is 69.2. The summed E-state index contributed by atoms with van der Waals surface area (Å²) in [5, 5.41) is 5.98. The number of ketones is 2. The number of aryl methyl sites for hydroxylation is 2. The van der Waals surface area contributed by atoms with E-state index in [1.165, 1.54) is 36.4 Å². The Bertz CT molecular complexity index is 1930. The number of carbonyl (C=O) groups excluding carboxylic acids is 2. The zero-order chi connectivity index (χ0) is 33.2. The highest BCUT2D eigenvalue weighted by Gasteiger charge is 2.35. The maximum absolute atomic E-state index is 14.0. The van der Waals surface area contributed by atoms with Crippen LogP contribution in [0.5, 0.6) is 0 Å². The van der Waals surface area contributed by atoms with Crippen molar-refractivity contribution in [2.24, 2.45) is 0 Å². The summed E-state index contributed by atoms with van der Waals surface area (Å²) in [6.07, 6.45) is 4.79. The van der Waals surface area contributed by atoms with E-state index in [1.54, 1.807) is 36.4 Å². The molecule has 0 aliphatic heterocycles. The van der Waals surface area contributed by atoms with Crippen LogP contribution in [0.4, 0.5) is 22.7 Å². The number of nitrogens with one attached hydrogen (secondary N) is 2. The van der Waals surface area contributed by atoms with E-state index in [0.717, 1.165) is 36.8 Å².